The maximum absolute atomic E-state index is 5.75. The van der Waals surface area contributed by atoms with Crippen molar-refractivity contribution in [2.75, 3.05) is 11.6 Å². The fourth-order valence-corrected chi connectivity index (χ4v) is 2.88. The van der Waals surface area contributed by atoms with Gasteiger partial charge in [0.15, 0.2) is 0 Å². The lowest BCUT2D eigenvalue weighted by molar-refractivity contribution is 1.24. The van der Waals surface area contributed by atoms with Gasteiger partial charge in [-0.05, 0) is 12.3 Å². The number of nitrogens with zero attached hydrogens (tertiary/aromatic N) is 1. The van der Waals surface area contributed by atoms with Crippen molar-refractivity contribution < 1.29 is 0 Å². The van der Waals surface area contributed by atoms with Crippen molar-refractivity contribution in [3.63, 3.8) is 0 Å². The Balaban J connectivity index is 2.30. The number of anilines is 1. The monoisotopic (exact) mass is 218 g/mol. The molecule has 0 amide bonds. The lowest BCUT2D eigenvalue weighted by atomic mass is 10.4. The Morgan fingerprint density at radius 3 is 3.33 bits per heavy atom. The second-order valence-electron chi connectivity index (χ2n) is 2.33. The molecule has 0 aliphatic carbocycles. The number of aromatic nitrogens is 1. The predicted octanol–water partition coefficient (Wildman–Crippen LogP) is 2.90. The van der Waals surface area contributed by atoms with E-state index in [4.69, 9.17) is 11.6 Å². The highest BCUT2D eigenvalue weighted by Gasteiger charge is 2.20. The van der Waals surface area contributed by atoms with Gasteiger partial charge in [0.25, 0.3) is 0 Å². The zero-order chi connectivity index (χ0) is 8.55. The first kappa shape index (κ1) is 8.53. The molecule has 0 saturated heterocycles. The van der Waals surface area contributed by atoms with E-state index in [1.165, 1.54) is 4.90 Å². The molecular formula is C7H7ClN2S2. The maximum Gasteiger partial charge on any atom is 0.131 e. The van der Waals surface area contributed by atoms with E-state index < -0.39 is 0 Å². The molecule has 0 aromatic carbocycles. The van der Waals surface area contributed by atoms with Gasteiger partial charge in [-0.1, -0.05) is 23.4 Å². The third-order valence-corrected chi connectivity index (χ3v) is 4.09. The van der Waals surface area contributed by atoms with Crippen molar-refractivity contribution in [3.05, 3.63) is 17.4 Å². The summed E-state index contributed by atoms with van der Waals surface area (Å²) in [5.74, 6) is 0. The van der Waals surface area contributed by atoms with Crippen LogP contribution in [0.15, 0.2) is 17.2 Å². The SMILES string of the molecule is CSC1Nc2cc(Cl)ncc2S1. The molecule has 1 aromatic heterocycles. The molecule has 0 radical (unpaired) electrons. The van der Waals surface area contributed by atoms with Crippen LogP contribution in [0.4, 0.5) is 5.69 Å². The van der Waals surface area contributed by atoms with Gasteiger partial charge in [0.05, 0.1) is 10.6 Å². The normalized spacial score (nSPS) is 20.3. The second-order valence-corrected chi connectivity index (χ2v) is 5.11. The highest BCUT2D eigenvalue weighted by Crippen LogP contribution is 2.42. The largest absolute Gasteiger partial charge is 0.364 e. The summed E-state index contributed by atoms with van der Waals surface area (Å²) in [4.78, 5) is 5.19. The van der Waals surface area contributed by atoms with Crippen LogP contribution in [0, 0.1) is 0 Å². The molecule has 1 aliphatic heterocycles. The van der Waals surface area contributed by atoms with Gasteiger partial charge >= 0.3 is 0 Å². The molecule has 2 nitrogen and oxygen atoms in total. The van der Waals surface area contributed by atoms with Crippen LogP contribution >= 0.6 is 35.1 Å². The van der Waals surface area contributed by atoms with Crippen LogP contribution in [0.5, 0.6) is 0 Å². The van der Waals surface area contributed by atoms with Crippen LogP contribution in [-0.4, -0.2) is 15.9 Å². The number of hydrogen-bond donors (Lipinski definition) is 1. The highest BCUT2D eigenvalue weighted by atomic mass is 35.5. The summed E-state index contributed by atoms with van der Waals surface area (Å²) in [5, 5.41) is 3.87. The van der Waals surface area contributed by atoms with Gasteiger partial charge in [-0.25, -0.2) is 4.98 Å². The number of pyridine rings is 1. The van der Waals surface area contributed by atoms with Crippen LogP contribution < -0.4 is 5.32 Å². The number of nitrogens with one attached hydrogen (secondary N) is 1. The van der Waals surface area contributed by atoms with Gasteiger partial charge in [-0.3, -0.25) is 0 Å². The van der Waals surface area contributed by atoms with Gasteiger partial charge in [0, 0.05) is 6.20 Å². The summed E-state index contributed by atoms with van der Waals surface area (Å²) in [6, 6.07) is 1.86. The van der Waals surface area contributed by atoms with E-state index in [9.17, 15) is 0 Å². The number of halogens is 1. The summed E-state index contributed by atoms with van der Waals surface area (Å²) in [7, 11) is 0. The summed E-state index contributed by atoms with van der Waals surface area (Å²) >= 11 is 9.30. The number of thioether (sulfide) groups is 2. The third-order valence-electron chi connectivity index (χ3n) is 1.56. The summed E-state index contributed by atoms with van der Waals surface area (Å²) < 4.78 is 0.403. The average molecular weight is 219 g/mol. The van der Waals surface area contributed by atoms with Crippen molar-refractivity contribution in [1.29, 1.82) is 0 Å². The number of rotatable bonds is 1. The summed E-state index contributed by atoms with van der Waals surface area (Å²) in [6.45, 7) is 0. The summed E-state index contributed by atoms with van der Waals surface area (Å²) in [6.07, 6.45) is 3.89. The van der Waals surface area contributed by atoms with Crippen LogP contribution in [-0.2, 0) is 0 Å². The first-order chi connectivity index (χ1) is 5.79. The quantitative estimate of drug-likeness (QED) is 0.733. The smallest absolute Gasteiger partial charge is 0.131 e. The molecular weight excluding hydrogens is 212 g/mol. The molecule has 1 N–H and O–H groups in total. The van der Waals surface area contributed by atoms with Crippen LogP contribution in [0.3, 0.4) is 0 Å². The second kappa shape index (κ2) is 3.36. The fourth-order valence-electron chi connectivity index (χ4n) is 1.00. The van der Waals surface area contributed by atoms with E-state index in [-0.39, 0.29) is 0 Å². The van der Waals surface area contributed by atoms with Crippen LogP contribution in [0.2, 0.25) is 5.15 Å². The lowest BCUT2D eigenvalue weighted by Crippen LogP contribution is -2.02. The Bertz CT molecular complexity index is 305. The molecule has 12 heavy (non-hydrogen) atoms. The topological polar surface area (TPSA) is 24.9 Å². The molecule has 2 rings (SSSR count). The van der Waals surface area contributed by atoms with Crippen LogP contribution in [0.1, 0.15) is 0 Å². The first-order valence-corrected chi connectivity index (χ1v) is 5.95. The number of hydrogen-bond acceptors (Lipinski definition) is 4. The van der Waals surface area contributed by atoms with Crippen molar-refractivity contribution in [1.82, 2.24) is 4.98 Å². The molecule has 1 atom stereocenters. The van der Waals surface area contributed by atoms with Crippen molar-refractivity contribution in [2.24, 2.45) is 0 Å². The molecule has 0 saturated carbocycles. The summed E-state index contributed by atoms with van der Waals surface area (Å²) in [5.41, 5.74) is 1.10. The van der Waals surface area contributed by atoms with Gasteiger partial charge in [-0.15, -0.1) is 11.8 Å². The molecule has 0 fully saturated rings. The Hall–Kier alpha value is -0.0600. The molecule has 1 aromatic rings. The van der Waals surface area contributed by atoms with Gasteiger partial charge in [-0.2, -0.15) is 0 Å². The Kier molecular flexibility index (Phi) is 2.39. The van der Waals surface area contributed by atoms with E-state index in [1.807, 2.05) is 12.3 Å². The number of fused-ring (bicyclic) bond motifs is 1. The van der Waals surface area contributed by atoms with Crippen LogP contribution in [0.25, 0.3) is 0 Å². The first-order valence-electron chi connectivity index (χ1n) is 3.41. The molecule has 1 unspecified atom stereocenters. The molecule has 0 spiro atoms. The van der Waals surface area contributed by atoms with Gasteiger partial charge in [0.1, 0.15) is 9.86 Å². The van der Waals surface area contributed by atoms with E-state index in [1.54, 1.807) is 23.5 Å². The van der Waals surface area contributed by atoms with E-state index >= 15 is 0 Å². The third kappa shape index (κ3) is 1.51. The Morgan fingerprint density at radius 1 is 1.75 bits per heavy atom. The molecule has 2 heterocycles. The average Bonchev–Trinajstić information content (AvgIpc) is 2.46. The Morgan fingerprint density at radius 2 is 2.58 bits per heavy atom. The van der Waals surface area contributed by atoms with Crippen molar-refractivity contribution >= 4 is 40.8 Å². The van der Waals surface area contributed by atoms with E-state index in [2.05, 4.69) is 16.6 Å². The minimum atomic E-state index is 0.403. The molecule has 0 bridgehead atoms. The zero-order valence-corrected chi connectivity index (χ0v) is 8.76. The molecule has 1 aliphatic rings. The standard InChI is InChI=1S/C7H7ClN2S2/c1-11-7-10-4-2-6(8)9-3-5(4)12-7/h2-3,7,10H,1H3. The Labute approximate surface area is 84.5 Å². The fraction of sp³-hybridized carbons (Fsp3) is 0.286. The van der Waals surface area contributed by atoms with Gasteiger partial charge in [0.2, 0.25) is 0 Å². The maximum atomic E-state index is 5.75. The minimum Gasteiger partial charge on any atom is -0.364 e. The van der Waals surface area contributed by atoms with Crippen molar-refractivity contribution in [3.8, 4) is 0 Å². The molecule has 64 valence electrons. The predicted molar refractivity (Wildman–Crippen MR) is 56.0 cm³/mol. The molecule has 5 heteroatoms. The van der Waals surface area contributed by atoms with Crippen molar-refractivity contribution in [2.45, 2.75) is 9.60 Å². The highest BCUT2D eigenvalue weighted by molar-refractivity contribution is 8.17. The van der Waals surface area contributed by atoms with Gasteiger partial charge < -0.3 is 5.32 Å². The van der Waals surface area contributed by atoms with E-state index in [0.717, 1.165) is 5.69 Å². The lowest BCUT2D eigenvalue weighted by Gasteiger charge is -2.04. The van der Waals surface area contributed by atoms with E-state index in [0.29, 0.717) is 9.86 Å². The minimum absolute atomic E-state index is 0.403. The zero-order valence-electron chi connectivity index (χ0n) is 6.37.